The third-order valence-corrected chi connectivity index (χ3v) is 9.67. The summed E-state index contributed by atoms with van der Waals surface area (Å²) in [5, 5.41) is 0. The molecule has 3 atom stereocenters. The molecule has 1 N–H and O–H groups in total. The van der Waals surface area contributed by atoms with Crippen molar-refractivity contribution in [3.05, 3.63) is 75.9 Å². The van der Waals surface area contributed by atoms with Crippen LogP contribution >= 0.6 is 22.9 Å². The van der Waals surface area contributed by atoms with Crippen molar-refractivity contribution in [2.45, 2.75) is 29.5 Å². The number of hydrogen-bond donors (Lipinski definition) is 1. The monoisotopic (exact) mass is 535 g/mol. The number of fused-ring (bicyclic) bond motifs is 3. The average Bonchev–Trinajstić information content (AvgIpc) is 3.41. The predicted octanol–water partition coefficient (Wildman–Crippen LogP) is 5.11. The van der Waals surface area contributed by atoms with Crippen LogP contribution < -0.4 is 14.2 Å². The third kappa shape index (κ3) is 5.23. The molecule has 3 aromatic rings. The van der Waals surface area contributed by atoms with Crippen LogP contribution in [0.2, 0.25) is 4.34 Å². The highest BCUT2D eigenvalue weighted by Crippen LogP contribution is 2.41. The third-order valence-electron chi connectivity index (χ3n) is 6.49. The van der Waals surface area contributed by atoms with E-state index in [0.29, 0.717) is 34.2 Å². The van der Waals surface area contributed by atoms with Gasteiger partial charge in [0.2, 0.25) is 10.0 Å². The number of thiophene rings is 1. The fourth-order valence-electron chi connectivity index (χ4n) is 4.86. The first-order valence-electron chi connectivity index (χ1n) is 11.3. The lowest BCUT2D eigenvalue weighted by atomic mass is 9.92. The topological polar surface area (TPSA) is 81.7 Å². The molecule has 2 aromatic carbocycles. The van der Waals surface area contributed by atoms with E-state index >= 15 is 0 Å². The van der Waals surface area contributed by atoms with E-state index in [1.165, 1.54) is 18.2 Å². The maximum absolute atomic E-state index is 13.3. The smallest absolute Gasteiger partial charge is 0.250 e. The van der Waals surface area contributed by atoms with E-state index in [9.17, 15) is 17.6 Å². The molecular formula is C25H23ClFNO5S2. The van der Waals surface area contributed by atoms with Crippen LogP contribution in [0.3, 0.4) is 0 Å². The fraction of sp³-hybridized carbons (Fsp3) is 0.320. The summed E-state index contributed by atoms with van der Waals surface area (Å²) in [5.41, 5.74) is 1.48. The molecular weight excluding hydrogens is 513 g/mol. The first-order valence-corrected chi connectivity index (χ1v) is 13.9. The van der Waals surface area contributed by atoms with Crippen LogP contribution in [0.25, 0.3) is 0 Å². The summed E-state index contributed by atoms with van der Waals surface area (Å²) in [6, 6.07) is 13.7. The van der Waals surface area contributed by atoms with Crippen LogP contribution in [0.1, 0.15) is 28.8 Å². The van der Waals surface area contributed by atoms with E-state index in [4.69, 9.17) is 21.1 Å². The molecule has 3 unspecified atom stereocenters. The summed E-state index contributed by atoms with van der Waals surface area (Å²) in [6.07, 6.45) is 2.00. The highest BCUT2D eigenvalue weighted by molar-refractivity contribution is 7.91. The zero-order valence-electron chi connectivity index (χ0n) is 18.6. The first kappa shape index (κ1) is 24.2. The van der Waals surface area contributed by atoms with Crippen LogP contribution in [-0.2, 0) is 16.4 Å². The number of ketones is 1. The number of halogens is 2. The van der Waals surface area contributed by atoms with E-state index in [-0.39, 0.29) is 34.9 Å². The van der Waals surface area contributed by atoms with Gasteiger partial charge in [-0.3, -0.25) is 4.79 Å². The highest BCUT2D eigenvalue weighted by atomic mass is 35.5. The van der Waals surface area contributed by atoms with E-state index in [1.54, 1.807) is 30.3 Å². The van der Waals surface area contributed by atoms with Gasteiger partial charge < -0.3 is 9.47 Å². The summed E-state index contributed by atoms with van der Waals surface area (Å²) >= 11 is 6.92. The second kappa shape index (κ2) is 9.89. The van der Waals surface area contributed by atoms with Gasteiger partial charge in [-0.1, -0.05) is 11.6 Å². The summed E-state index contributed by atoms with van der Waals surface area (Å²) < 4.78 is 53.5. The summed E-state index contributed by atoms with van der Waals surface area (Å²) in [4.78, 5) is 13.3. The Hall–Kier alpha value is -2.46. The number of ether oxygens (including phenoxy) is 2. The average molecular weight is 536 g/mol. The van der Waals surface area contributed by atoms with Crippen LogP contribution in [0.4, 0.5) is 4.39 Å². The Bertz CT molecular complexity index is 1340. The maximum atomic E-state index is 13.3. The van der Waals surface area contributed by atoms with Crippen LogP contribution in [0, 0.1) is 17.7 Å². The Morgan fingerprint density at radius 1 is 1.00 bits per heavy atom. The van der Waals surface area contributed by atoms with Gasteiger partial charge in [0.1, 0.15) is 34.7 Å². The van der Waals surface area contributed by atoms with Gasteiger partial charge in [-0.15, -0.1) is 11.3 Å². The Kier molecular flexibility index (Phi) is 6.85. The second-order valence-electron chi connectivity index (χ2n) is 8.69. The number of hydrogen-bond acceptors (Lipinski definition) is 6. The molecule has 5 rings (SSSR count). The first-order chi connectivity index (χ1) is 16.8. The zero-order chi connectivity index (χ0) is 24.6. The Morgan fingerprint density at radius 2 is 1.71 bits per heavy atom. The van der Waals surface area contributed by atoms with E-state index < -0.39 is 22.0 Å². The van der Waals surface area contributed by atoms with E-state index in [0.717, 1.165) is 23.3 Å². The number of rotatable bonds is 8. The van der Waals surface area contributed by atoms with Crippen molar-refractivity contribution < 1.29 is 27.1 Å². The molecule has 2 aliphatic carbocycles. The van der Waals surface area contributed by atoms with Crippen molar-refractivity contribution in [2.75, 3.05) is 13.2 Å². The molecule has 2 aliphatic rings. The van der Waals surface area contributed by atoms with E-state index in [2.05, 4.69) is 4.72 Å². The molecule has 2 bridgehead atoms. The van der Waals surface area contributed by atoms with Crippen molar-refractivity contribution in [3.8, 4) is 11.5 Å². The molecule has 0 saturated heterocycles. The van der Waals surface area contributed by atoms with E-state index in [1.807, 2.05) is 6.07 Å². The lowest BCUT2D eigenvalue weighted by molar-refractivity contribution is 0.0909. The van der Waals surface area contributed by atoms with Gasteiger partial charge in [0.15, 0.2) is 5.78 Å². The molecule has 10 heteroatoms. The molecule has 1 aromatic heterocycles. The Labute approximate surface area is 212 Å². The molecule has 1 fully saturated rings. The van der Waals surface area contributed by atoms with Gasteiger partial charge in [0.25, 0.3) is 0 Å². The van der Waals surface area contributed by atoms with Crippen molar-refractivity contribution in [2.24, 2.45) is 11.8 Å². The molecule has 184 valence electrons. The predicted molar refractivity (Wildman–Crippen MR) is 132 cm³/mol. The number of benzene rings is 2. The van der Waals surface area contributed by atoms with Crippen molar-refractivity contribution in [3.63, 3.8) is 0 Å². The van der Waals surface area contributed by atoms with Crippen molar-refractivity contribution in [1.82, 2.24) is 4.72 Å². The molecule has 0 aliphatic heterocycles. The summed E-state index contributed by atoms with van der Waals surface area (Å²) in [6.45, 7) is 0.560. The molecule has 6 nitrogen and oxygen atoms in total. The number of nitrogens with one attached hydrogen (secondary N) is 1. The molecule has 35 heavy (non-hydrogen) atoms. The van der Waals surface area contributed by atoms with Crippen molar-refractivity contribution >= 4 is 38.7 Å². The van der Waals surface area contributed by atoms with Gasteiger partial charge in [0, 0.05) is 17.5 Å². The lowest BCUT2D eigenvalue weighted by Crippen LogP contribution is -2.43. The van der Waals surface area contributed by atoms with Gasteiger partial charge in [-0.25, -0.2) is 17.5 Å². The highest BCUT2D eigenvalue weighted by Gasteiger charge is 2.45. The molecule has 1 saturated carbocycles. The van der Waals surface area contributed by atoms with Crippen LogP contribution in [-0.4, -0.2) is 33.5 Å². The Balaban J connectivity index is 1.26. The number of sulfonamides is 1. The van der Waals surface area contributed by atoms with Gasteiger partial charge in [-0.2, -0.15) is 0 Å². The van der Waals surface area contributed by atoms with Crippen LogP contribution in [0.15, 0.2) is 58.8 Å². The fourth-order valence-corrected chi connectivity index (χ4v) is 7.71. The minimum atomic E-state index is -3.77. The quantitative estimate of drug-likeness (QED) is 0.405. The zero-order valence-corrected chi connectivity index (χ0v) is 21.0. The minimum absolute atomic E-state index is 0.00692. The molecule has 0 spiro atoms. The van der Waals surface area contributed by atoms with Gasteiger partial charge >= 0.3 is 0 Å². The van der Waals surface area contributed by atoms with Gasteiger partial charge in [-0.05, 0) is 85.3 Å². The molecule has 0 radical (unpaired) electrons. The number of carbonyl (C=O) groups is 1. The summed E-state index contributed by atoms with van der Waals surface area (Å²) in [5.74, 6) is 0.407. The van der Waals surface area contributed by atoms with Crippen molar-refractivity contribution in [1.29, 1.82) is 0 Å². The standard InChI is InChI=1S/C25H23ClFNO5S2/c26-22-9-10-23(34-22)35(30,31)28-24-15-1-7-21(24)25(29)20-8-6-19(14-16(20)13-15)33-12-11-32-18-4-2-17(27)3-5-18/h2-6,8-10,14-15,21,24,28H,1,7,11-13H2. The normalized spacial score (nSPS) is 21.4. The molecule has 1 heterocycles. The second-order valence-corrected chi connectivity index (χ2v) is 12.3. The largest absolute Gasteiger partial charge is 0.490 e. The number of Topliss-reactive ketones (excluding diaryl/α,β-unsaturated/α-hetero) is 1. The minimum Gasteiger partial charge on any atom is -0.490 e. The lowest BCUT2D eigenvalue weighted by Gasteiger charge is -2.22. The molecule has 0 amide bonds. The van der Waals surface area contributed by atoms with Gasteiger partial charge in [0.05, 0.1) is 4.34 Å². The SMILES string of the molecule is O=C1c2ccc(OCCOc3ccc(F)cc3)cc2CC2CCC1C2NS(=O)(=O)c1ccc(Cl)s1. The Morgan fingerprint density at radius 3 is 2.43 bits per heavy atom. The van der Waals surface area contributed by atoms with Crippen LogP contribution in [0.5, 0.6) is 11.5 Å². The number of carbonyl (C=O) groups excluding carboxylic acids is 1. The maximum Gasteiger partial charge on any atom is 0.250 e. The summed E-state index contributed by atoms with van der Waals surface area (Å²) in [7, 11) is -3.77.